The van der Waals surface area contributed by atoms with Gasteiger partial charge < -0.3 is 9.73 Å². The molecule has 4 nitrogen and oxygen atoms in total. The van der Waals surface area contributed by atoms with Crippen molar-refractivity contribution in [1.82, 2.24) is 5.32 Å². The van der Waals surface area contributed by atoms with E-state index >= 15 is 0 Å². The third-order valence-corrected chi connectivity index (χ3v) is 10.7. The van der Waals surface area contributed by atoms with Crippen LogP contribution in [-0.2, 0) is 0 Å². The molecule has 11 rings (SSSR count). The van der Waals surface area contributed by atoms with Crippen LogP contribution in [0.25, 0.3) is 76.2 Å². The summed E-state index contributed by atoms with van der Waals surface area (Å²) in [5, 5.41) is 15.5. The molecule has 0 spiro atoms. The molecule has 1 aliphatic rings. The van der Waals surface area contributed by atoms with Crippen LogP contribution in [0.4, 0.5) is 0 Å². The zero-order valence-corrected chi connectivity index (χ0v) is 28.6. The summed E-state index contributed by atoms with van der Waals surface area (Å²) in [6.07, 6.45) is -0.370. The lowest BCUT2D eigenvalue weighted by Crippen LogP contribution is -2.33. The van der Waals surface area contributed by atoms with Crippen LogP contribution < -0.4 is 5.32 Å². The van der Waals surface area contributed by atoms with E-state index in [2.05, 4.69) is 181 Å². The Hall–Kier alpha value is -7.04. The Bertz CT molecular complexity index is 3160. The van der Waals surface area contributed by atoms with Gasteiger partial charge >= 0.3 is 0 Å². The molecule has 0 bridgehead atoms. The maximum atomic E-state index is 6.60. The fourth-order valence-electron chi connectivity index (χ4n) is 8.16. The standard InChI is InChI=1S/C49H31N3O/c1-2-13-33-28-35(25-22-30(33)10-1)47-50-48(36-26-27-39-34(29-36)24-23-32-12-4-5-15-37(32)39)52-49(51-47)42-19-9-21-44-46(42)45-41(18-8-20-43(45)53-44)40-17-7-14-31-11-3-6-16-38(31)40/h1-29,48H,(H,50,51,52). The number of amidine groups is 2. The highest BCUT2D eigenvalue weighted by Crippen LogP contribution is 2.41. The van der Waals surface area contributed by atoms with Crippen LogP contribution in [0.3, 0.4) is 0 Å². The lowest BCUT2D eigenvalue weighted by molar-refractivity contribution is 0.668. The number of furan rings is 1. The van der Waals surface area contributed by atoms with E-state index in [-0.39, 0.29) is 6.17 Å². The SMILES string of the molecule is c1ccc2cc(C3=NC(c4ccc5c(ccc6ccccc65)c4)NC(c4cccc5oc6cccc(-c7cccc8ccccc78)c6c45)=N3)ccc2c1. The smallest absolute Gasteiger partial charge is 0.159 e. The van der Waals surface area contributed by atoms with Gasteiger partial charge in [-0.05, 0) is 84.0 Å². The fraction of sp³-hybridized carbons (Fsp3) is 0.0204. The zero-order valence-electron chi connectivity index (χ0n) is 28.6. The van der Waals surface area contributed by atoms with E-state index < -0.39 is 0 Å². The normalized spacial score (nSPS) is 14.6. The first-order chi connectivity index (χ1) is 26.2. The molecule has 1 unspecified atom stereocenters. The molecule has 9 aromatic carbocycles. The topological polar surface area (TPSA) is 49.9 Å². The number of nitrogens with one attached hydrogen (secondary N) is 1. The van der Waals surface area contributed by atoms with Crippen molar-refractivity contribution in [3.8, 4) is 11.1 Å². The molecule has 1 aromatic heterocycles. The Kier molecular flexibility index (Phi) is 6.58. The lowest BCUT2D eigenvalue weighted by atomic mass is 9.93. The molecule has 2 heterocycles. The maximum absolute atomic E-state index is 6.60. The molecule has 0 amide bonds. The number of nitrogens with zero attached hydrogens (tertiary/aromatic N) is 2. The Labute approximate surface area is 305 Å². The third-order valence-electron chi connectivity index (χ3n) is 10.7. The number of aliphatic imine (C=N–C) groups is 2. The monoisotopic (exact) mass is 677 g/mol. The fourth-order valence-corrected chi connectivity index (χ4v) is 8.16. The minimum atomic E-state index is -0.370. The van der Waals surface area contributed by atoms with Crippen LogP contribution in [0.1, 0.15) is 22.9 Å². The second-order valence-corrected chi connectivity index (χ2v) is 13.8. The number of hydrogen-bond donors (Lipinski definition) is 1. The van der Waals surface area contributed by atoms with Gasteiger partial charge in [-0.2, -0.15) is 0 Å². The average molecular weight is 678 g/mol. The van der Waals surface area contributed by atoms with Gasteiger partial charge in [-0.15, -0.1) is 0 Å². The molecule has 1 aliphatic heterocycles. The molecule has 10 aromatic rings. The van der Waals surface area contributed by atoms with Crippen molar-refractivity contribution in [2.75, 3.05) is 0 Å². The van der Waals surface area contributed by atoms with Gasteiger partial charge in [-0.25, -0.2) is 9.98 Å². The van der Waals surface area contributed by atoms with Crippen LogP contribution >= 0.6 is 0 Å². The maximum Gasteiger partial charge on any atom is 0.159 e. The summed E-state index contributed by atoms with van der Waals surface area (Å²) >= 11 is 0. The summed E-state index contributed by atoms with van der Waals surface area (Å²) in [6.45, 7) is 0. The van der Waals surface area contributed by atoms with Gasteiger partial charge in [0.25, 0.3) is 0 Å². The first-order valence-electron chi connectivity index (χ1n) is 18.0. The van der Waals surface area contributed by atoms with Crippen molar-refractivity contribution in [2.24, 2.45) is 9.98 Å². The highest BCUT2D eigenvalue weighted by molar-refractivity contribution is 6.25. The number of hydrogen-bond acceptors (Lipinski definition) is 4. The van der Waals surface area contributed by atoms with Gasteiger partial charge in [0.15, 0.2) is 5.84 Å². The predicted molar refractivity (Wildman–Crippen MR) is 221 cm³/mol. The van der Waals surface area contributed by atoms with Crippen molar-refractivity contribution in [3.05, 3.63) is 193 Å². The average Bonchev–Trinajstić information content (AvgIpc) is 3.62. The van der Waals surface area contributed by atoms with Crippen molar-refractivity contribution in [2.45, 2.75) is 6.17 Å². The summed E-state index contributed by atoms with van der Waals surface area (Å²) < 4.78 is 6.60. The van der Waals surface area contributed by atoms with Crippen LogP contribution in [0.2, 0.25) is 0 Å². The van der Waals surface area contributed by atoms with E-state index in [1.165, 1.54) is 43.3 Å². The highest BCUT2D eigenvalue weighted by Gasteiger charge is 2.25. The van der Waals surface area contributed by atoms with Gasteiger partial charge in [0.2, 0.25) is 0 Å². The summed E-state index contributed by atoms with van der Waals surface area (Å²) in [7, 11) is 0. The molecule has 53 heavy (non-hydrogen) atoms. The minimum absolute atomic E-state index is 0.370. The van der Waals surface area contributed by atoms with E-state index in [1.807, 2.05) is 0 Å². The summed E-state index contributed by atoms with van der Waals surface area (Å²) in [5.41, 5.74) is 6.97. The summed E-state index contributed by atoms with van der Waals surface area (Å²) in [6, 6.07) is 62.2. The number of benzene rings is 9. The Morgan fingerprint density at radius 3 is 1.89 bits per heavy atom. The molecular weight excluding hydrogens is 647 g/mol. The molecule has 0 radical (unpaired) electrons. The molecule has 1 atom stereocenters. The van der Waals surface area contributed by atoms with E-state index in [0.29, 0.717) is 5.84 Å². The Morgan fingerprint density at radius 2 is 1.04 bits per heavy atom. The highest BCUT2D eigenvalue weighted by atomic mass is 16.3. The van der Waals surface area contributed by atoms with E-state index in [0.717, 1.165) is 55.4 Å². The largest absolute Gasteiger partial charge is 0.456 e. The number of rotatable bonds is 4. The first-order valence-corrected chi connectivity index (χ1v) is 18.0. The van der Waals surface area contributed by atoms with Crippen molar-refractivity contribution in [1.29, 1.82) is 0 Å². The Morgan fingerprint density at radius 1 is 0.434 bits per heavy atom. The van der Waals surface area contributed by atoms with Crippen LogP contribution in [0.5, 0.6) is 0 Å². The van der Waals surface area contributed by atoms with Crippen molar-refractivity contribution < 1.29 is 4.42 Å². The van der Waals surface area contributed by atoms with Crippen LogP contribution in [0, 0.1) is 0 Å². The molecule has 0 fully saturated rings. The summed E-state index contributed by atoms with van der Waals surface area (Å²) in [4.78, 5) is 10.6. The van der Waals surface area contributed by atoms with Crippen molar-refractivity contribution in [3.63, 3.8) is 0 Å². The third kappa shape index (κ3) is 4.84. The van der Waals surface area contributed by atoms with Crippen LogP contribution in [-0.4, -0.2) is 11.7 Å². The van der Waals surface area contributed by atoms with Gasteiger partial charge in [-0.1, -0.05) is 152 Å². The molecule has 1 N–H and O–H groups in total. The first kappa shape index (κ1) is 29.7. The molecule has 0 saturated carbocycles. The van der Waals surface area contributed by atoms with Crippen LogP contribution in [0.15, 0.2) is 190 Å². The van der Waals surface area contributed by atoms with Gasteiger partial charge in [0.05, 0.1) is 0 Å². The zero-order chi connectivity index (χ0) is 34.9. The molecular formula is C49H31N3O. The quantitative estimate of drug-likeness (QED) is 0.189. The summed E-state index contributed by atoms with van der Waals surface area (Å²) in [5.74, 6) is 1.44. The van der Waals surface area contributed by atoms with E-state index in [4.69, 9.17) is 14.4 Å². The Balaban J connectivity index is 1.12. The second-order valence-electron chi connectivity index (χ2n) is 13.8. The van der Waals surface area contributed by atoms with Gasteiger partial charge in [0, 0.05) is 21.9 Å². The molecule has 0 saturated heterocycles. The van der Waals surface area contributed by atoms with Crippen molar-refractivity contribution >= 4 is 76.7 Å². The lowest BCUT2D eigenvalue weighted by Gasteiger charge is -2.24. The number of fused-ring (bicyclic) bond motifs is 8. The van der Waals surface area contributed by atoms with E-state index in [9.17, 15) is 0 Å². The van der Waals surface area contributed by atoms with E-state index in [1.54, 1.807) is 0 Å². The predicted octanol–water partition coefficient (Wildman–Crippen LogP) is 12.4. The second kappa shape index (κ2) is 11.8. The minimum Gasteiger partial charge on any atom is -0.456 e. The molecule has 248 valence electrons. The molecule has 4 heteroatoms. The molecule has 0 aliphatic carbocycles. The van der Waals surface area contributed by atoms with Gasteiger partial charge in [0.1, 0.15) is 23.2 Å². The van der Waals surface area contributed by atoms with Gasteiger partial charge in [-0.3, -0.25) is 0 Å².